The molecule has 1 atom stereocenters. The average molecular weight is 330 g/mol. The van der Waals surface area contributed by atoms with Gasteiger partial charge >= 0.3 is 5.97 Å². The Morgan fingerprint density at radius 3 is 2.89 bits per heavy atom. The highest BCUT2D eigenvalue weighted by Crippen LogP contribution is 2.25. The maximum Gasteiger partial charge on any atom is 0.328 e. The molecule has 1 aromatic rings. The van der Waals surface area contributed by atoms with Gasteiger partial charge in [0.25, 0.3) is 5.91 Å². The van der Waals surface area contributed by atoms with Crippen LogP contribution >= 0.6 is 15.9 Å². The second kappa shape index (κ2) is 5.69. The first kappa shape index (κ1) is 14.0. The molecule has 1 saturated heterocycles. The van der Waals surface area contributed by atoms with Crippen LogP contribution < -0.4 is 0 Å². The summed E-state index contributed by atoms with van der Waals surface area (Å²) in [6, 6.07) is 3.33. The number of methoxy groups -OCH3 is 1. The number of carbonyl (C=O) groups is 2. The molecule has 102 valence electrons. The molecule has 1 amide bonds. The lowest BCUT2D eigenvalue weighted by Gasteiger charge is -2.23. The van der Waals surface area contributed by atoms with E-state index in [1.807, 2.05) is 0 Å². The quantitative estimate of drug-likeness (QED) is 0.782. The first-order chi connectivity index (χ1) is 9.04. The Morgan fingerprint density at radius 2 is 2.21 bits per heavy atom. The van der Waals surface area contributed by atoms with E-state index < -0.39 is 17.8 Å². The normalized spacial score (nSPS) is 18.5. The van der Waals surface area contributed by atoms with Gasteiger partial charge in [-0.15, -0.1) is 0 Å². The molecule has 0 bridgehead atoms. The summed E-state index contributed by atoms with van der Waals surface area (Å²) in [5, 5.41) is 0. The third kappa shape index (κ3) is 2.78. The first-order valence-electron chi connectivity index (χ1n) is 5.88. The molecule has 0 spiro atoms. The topological polar surface area (TPSA) is 46.6 Å². The van der Waals surface area contributed by atoms with Gasteiger partial charge in [0.15, 0.2) is 0 Å². The lowest BCUT2D eigenvalue weighted by Crippen LogP contribution is -2.41. The van der Waals surface area contributed by atoms with Gasteiger partial charge < -0.3 is 9.64 Å². The van der Waals surface area contributed by atoms with Crippen LogP contribution in [0.4, 0.5) is 4.39 Å². The maximum absolute atomic E-state index is 13.2. The van der Waals surface area contributed by atoms with Crippen molar-refractivity contribution < 1.29 is 18.7 Å². The number of nitrogens with zero attached hydrogens (tertiary/aromatic N) is 1. The number of carbonyl (C=O) groups excluding carboxylic acids is 2. The van der Waals surface area contributed by atoms with E-state index >= 15 is 0 Å². The van der Waals surface area contributed by atoms with Crippen LogP contribution in [0.15, 0.2) is 22.7 Å². The van der Waals surface area contributed by atoms with E-state index in [4.69, 9.17) is 0 Å². The molecule has 19 heavy (non-hydrogen) atoms. The predicted octanol–water partition coefficient (Wildman–Crippen LogP) is 2.37. The molecule has 1 fully saturated rings. The van der Waals surface area contributed by atoms with Gasteiger partial charge in [0.2, 0.25) is 0 Å². The van der Waals surface area contributed by atoms with Gasteiger partial charge in [-0.05, 0) is 47.0 Å². The molecule has 1 heterocycles. The van der Waals surface area contributed by atoms with Crippen LogP contribution in [0.1, 0.15) is 23.2 Å². The summed E-state index contributed by atoms with van der Waals surface area (Å²) in [7, 11) is 1.29. The van der Waals surface area contributed by atoms with Gasteiger partial charge in [-0.1, -0.05) is 0 Å². The standard InChI is InChI=1S/C13H13BrFNO3/c1-19-13(18)11-3-2-6-16(11)12(17)9-7-8(15)4-5-10(9)14/h4-5,7,11H,2-3,6H2,1H3/t11-/m0/s1. The Labute approximate surface area is 118 Å². The van der Waals surface area contributed by atoms with Gasteiger partial charge in [-0.25, -0.2) is 9.18 Å². The van der Waals surface area contributed by atoms with Crippen molar-refractivity contribution in [3.8, 4) is 0 Å². The van der Waals surface area contributed by atoms with Crippen molar-refractivity contribution in [2.24, 2.45) is 0 Å². The largest absolute Gasteiger partial charge is 0.467 e. The molecule has 0 radical (unpaired) electrons. The lowest BCUT2D eigenvalue weighted by atomic mass is 10.1. The number of ether oxygens (including phenoxy) is 1. The second-order valence-corrected chi connectivity index (χ2v) is 5.16. The summed E-state index contributed by atoms with van der Waals surface area (Å²) < 4.78 is 18.4. The zero-order valence-electron chi connectivity index (χ0n) is 10.4. The van der Waals surface area contributed by atoms with Crippen molar-refractivity contribution in [3.05, 3.63) is 34.1 Å². The van der Waals surface area contributed by atoms with E-state index in [-0.39, 0.29) is 11.5 Å². The third-order valence-corrected chi connectivity index (χ3v) is 3.84. The summed E-state index contributed by atoms with van der Waals surface area (Å²) in [6.07, 6.45) is 1.31. The molecule has 4 nitrogen and oxygen atoms in total. The molecule has 0 saturated carbocycles. The number of likely N-dealkylation sites (tertiary alicyclic amines) is 1. The fourth-order valence-electron chi connectivity index (χ4n) is 2.21. The van der Waals surface area contributed by atoms with E-state index in [2.05, 4.69) is 20.7 Å². The van der Waals surface area contributed by atoms with Gasteiger partial charge in [-0.2, -0.15) is 0 Å². The predicted molar refractivity (Wildman–Crippen MR) is 70.2 cm³/mol. The fourth-order valence-corrected chi connectivity index (χ4v) is 2.62. The highest BCUT2D eigenvalue weighted by Gasteiger charge is 2.35. The maximum atomic E-state index is 13.2. The summed E-state index contributed by atoms with van der Waals surface area (Å²) in [6.45, 7) is 0.474. The van der Waals surface area contributed by atoms with Crippen LogP contribution in [0.25, 0.3) is 0 Å². The van der Waals surface area contributed by atoms with Crippen molar-refractivity contribution in [1.29, 1.82) is 0 Å². The number of hydrogen-bond acceptors (Lipinski definition) is 3. The van der Waals surface area contributed by atoms with E-state index in [0.717, 1.165) is 6.42 Å². The minimum atomic E-state index is -0.576. The van der Waals surface area contributed by atoms with E-state index in [1.165, 1.54) is 30.2 Å². The molecule has 1 aliphatic rings. The third-order valence-electron chi connectivity index (χ3n) is 3.15. The minimum Gasteiger partial charge on any atom is -0.467 e. The molecule has 1 aliphatic heterocycles. The van der Waals surface area contributed by atoms with Crippen molar-refractivity contribution in [3.63, 3.8) is 0 Å². The van der Waals surface area contributed by atoms with Crippen molar-refractivity contribution >= 4 is 27.8 Å². The van der Waals surface area contributed by atoms with Crippen LogP contribution in [0.5, 0.6) is 0 Å². The first-order valence-corrected chi connectivity index (χ1v) is 6.67. The van der Waals surface area contributed by atoms with Crippen molar-refractivity contribution in [2.45, 2.75) is 18.9 Å². The summed E-state index contributed by atoms with van der Waals surface area (Å²) >= 11 is 3.22. The number of halogens is 2. The zero-order valence-corrected chi connectivity index (χ0v) is 11.9. The molecule has 6 heteroatoms. The zero-order chi connectivity index (χ0) is 14.0. The van der Waals surface area contributed by atoms with Gasteiger partial charge in [0.05, 0.1) is 12.7 Å². The molecular formula is C13H13BrFNO3. The Hall–Kier alpha value is -1.43. The molecule has 0 N–H and O–H groups in total. The van der Waals surface area contributed by atoms with Crippen LogP contribution in [-0.4, -0.2) is 36.5 Å². The summed E-state index contributed by atoms with van der Waals surface area (Å²) in [5.41, 5.74) is 0.218. The van der Waals surface area contributed by atoms with Gasteiger partial charge in [-0.3, -0.25) is 4.79 Å². The smallest absolute Gasteiger partial charge is 0.328 e. The van der Waals surface area contributed by atoms with Crippen LogP contribution in [0, 0.1) is 5.82 Å². The van der Waals surface area contributed by atoms with Crippen molar-refractivity contribution in [2.75, 3.05) is 13.7 Å². The molecule has 0 unspecified atom stereocenters. The molecular weight excluding hydrogens is 317 g/mol. The Balaban J connectivity index is 2.28. The monoisotopic (exact) mass is 329 g/mol. The average Bonchev–Trinajstić information content (AvgIpc) is 2.89. The van der Waals surface area contributed by atoms with Crippen LogP contribution in [0.3, 0.4) is 0 Å². The second-order valence-electron chi connectivity index (χ2n) is 4.30. The highest BCUT2D eigenvalue weighted by molar-refractivity contribution is 9.10. The minimum absolute atomic E-state index is 0.218. The van der Waals surface area contributed by atoms with E-state index in [0.29, 0.717) is 17.4 Å². The molecule has 1 aromatic carbocycles. The van der Waals surface area contributed by atoms with Crippen molar-refractivity contribution in [1.82, 2.24) is 4.90 Å². The van der Waals surface area contributed by atoms with Crippen LogP contribution in [0.2, 0.25) is 0 Å². The Bertz CT molecular complexity index is 521. The van der Waals surface area contributed by atoms with Gasteiger partial charge in [0.1, 0.15) is 11.9 Å². The SMILES string of the molecule is COC(=O)[C@@H]1CCCN1C(=O)c1cc(F)ccc1Br. The summed E-state index contributed by atoms with van der Waals surface area (Å²) in [5.74, 6) is -1.28. The van der Waals surface area contributed by atoms with Crippen LogP contribution in [-0.2, 0) is 9.53 Å². The molecule has 2 rings (SSSR count). The van der Waals surface area contributed by atoms with E-state index in [9.17, 15) is 14.0 Å². The fraction of sp³-hybridized carbons (Fsp3) is 0.385. The number of amides is 1. The molecule has 0 aromatic heterocycles. The Morgan fingerprint density at radius 1 is 1.47 bits per heavy atom. The number of benzene rings is 1. The lowest BCUT2D eigenvalue weighted by molar-refractivity contribution is -0.145. The molecule has 0 aliphatic carbocycles. The summed E-state index contributed by atoms with van der Waals surface area (Å²) in [4.78, 5) is 25.4. The number of rotatable bonds is 2. The Kier molecular flexibility index (Phi) is 4.19. The number of esters is 1. The van der Waals surface area contributed by atoms with Gasteiger partial charge in [0, 0.05) is 11.0 Å². The van der Waals surface area contributed by atoms with E-state index in [1.54, 1.807) is 0 Å². The highest BCUT2D eigenvalue weighted by atomic mass is 79.9. The number of hydrogen-bond donors (Lipinski definition) is 0.